The average Bonchev–Trinajstić information content (AvgIpc) is 2.03. The van der Waals surface area contributed by atoms with Crippen molar-refractivity contribution in [2.24, 2.45) is 0 Å². The van der Waals surface area contributed by atoms with Crippen molar-refractivity contribution in [2.75, 3.05) is 12.5 Å². The van der Waals surface area contributed by atoms with E-state index in [1.165, 1.54) is 6.08 Å². The second kappa shape index (κ2) is 29.5. The predicted octanol–water partition coefficient (Wildman–Crippen LogP) is 3.93. The van der Waals surface area contributed by atoms with Crippen LogP contribution < -0.4 is 0 Å². The highest BCUT2D eigenvalue weighted by molar-refractivity contribution is 6.55. The molecule has 13 heavy (non-hydrogen) atoms. The second-order valence-electron chi connectivity index (χ2n) is 1.25. The zero-order valence-electron chi connectivity index (χ0n) is 7.18. The summed E-state index contributed by atoms with van der Waals surface area (Å²) in [5.41, 5.74) is 0. The fraction of sp³-hybridized carbons (Fsp3) is 0.250. The molecule has 5 heteroatoms. The van der Waals surface area contributed by atoms with Crippen LogP contribution in [0.2, 0.25) is 0 Å². The molecule has 0 amide bonds. The Morgan fingerprint density at radius 1 is 1.23 bits per heavy atom. The van der Waals surface area contributed by atoms with Crippen molar-refractivity contribution in [3.63, 3.8) is 0 Å². The zero-order valence-corrected chi connectivity index (χ0v) is 10.3. The van der Waals surface area contributed by atoms with Crippen LogP contribution in [0.1, 0.15) is 0 Å². The number of aliphatic hydroxyl groups excluding tert-OH is 1. The molecular formula is C8H14Cl4O. The molecule has 0 unspecified atom stereocenters. The van der Waals surface area contributed by atoms with E-state index in [1.54, 1.807) is 6.08 Å². The second-order valence-corrected chi connectivity index (χ2v) is 2.67. The van der Waals surface area contributed by atoms with Crippen LogP contribution in [0.4, 0.5) is 0 Å². The molecule has 0 bridgehead atoms. The summed E-state index contributed by atoms with van der Waals surface area (Å²) in [6, 6.07) is 0. The smallest absolute Gasteiger partial charge is 0.0992 e. The lowest BCUT2D eigenvalue weighted by atomic mass is 10.7. The maximum atomic E-state index is 7.76. The molecule has 0 aliphatic carbocycles. The van der Waals surface area contributed by atoms with Crippen LogP contribution in [0.3, 0.4) is 0 Å². The van der Waals surface area contributed by atoms with Gasteiger partial charge in [-0.25, -0.2) is 0 Å². The molecule has 0 spiro atoms. The minimum Gasteiger partial charge on any atom is -0.392 e. The number of alkyl halides is 1. The summed E-state index contributed by atoms with van der Waals surface area (Å²) < 4.78 is 0.111. The van der Waals surface area contributed by atoms with Gasteiger partial charge in [-0.2, -0.15) is 0 Å². The highest BCUT2D eigenvalue weighted by atomic mass is 35.5. The number of rotatable bonds is 2. The summed E-state index contributed by atoms with van der Waals surface area (Å²) in [6.07, 6.45) is 3.07. The van der Waals surface area contributed by atoms with Gasteiger partial charge >= 0.3 is 0 Å². The van der Waals surface area contributed by atoms with E-state index < -0.39 is 0 Å². The molecule has 0 atom stereocenters. The van der Waals surface area contributed by atoms with E-state index in [-0.39, 0.29) is 23.5 Å². The topological polar surface area (TPSA) is 20.2 Å². The van der Waals surface area contributed by atoms with Gasteiger partial charge in [0.25, 0.3) is 0 Å². The van der Waals surface area contributed by atoms with Crippen molar-refractivity contribution in [3.8, 4) is 0 Å². The summed E-state index contributed by atoms with van der Waals surface area (Å²) in [5.74, 6) is 0.556. The quantitative estimate of drug-likeness (QED) is 0.594. The van der Waals surface area contributed by atoms with Gasteiger partial charge in [0.05, 0.1) is 11.1 Å². The Bertz CT molecular complexity index is 103. The Labute approximate surface area is 101 Å². The summed E-state index contributed by atoms with van der Waals surface area (Å²) in [6.45, 7) is 9.75. The largest absolute Gasteiger partial charge is 0.392 e. The Kier molecular flexibility index (Phi) is 52.8. The molecule has 80 valence electrons. The molecule has 0 saturated carbocycles. The standard InChI is InChI=1S/C3H5Cl.C3H6O.C2H2Cl2.ClH/c2*1-2-3-4;1-2(3)4;/h2H,1,3H2;2,4H,1,3H2;1H2;1H. The van der Waals surface area contributed by atoms with Gasteiger partial charge in [-0.3, -0.25) is 0 Å². The number of aliphatic hydroxyl groups is 1. The van der Waals surface area contributed by atoms with Crippen molar-refractivity contribution >= 4 is 47.2 Å². The molecule has 1 nitrogen and oxygen atoms in total. The van der Waals surface area contributed by atoms with Crippen molar-refractivity contribution in [2.45, 2.75) is 0 Å². The normalized spacial score (nSPS) is 5.85. The number of hydrogen-bond donors (Lipinski definition) is 1. The van der Waals surface area contributed by atoms with E-state index in [1.807, 2.05) is 0 Å². The van der Waals surface area contributed by atoms with Crippen LogP contribution in [0.25, 0.3) is 0 Å². The number of allylic oxidation sites excluding steroid dienone is 1. The van der Waals surface area contributed by atoms with Gasteiger partial charge in [-0.1, -0.05) is 41.9 Å². The van der Waals surface area contributed by atoms with E-state index in [0.717, 1.165) is 0 Å². The Morgan fingerprint density at radius 3 is 1.38 bits per heavy atom. The fourth-order valence-corrected chi connectivity index (χ4v) is 0. The average molecular weight is 268 g/mol. The first-order chi connectivity index (χ1) is 5.56. The Hall–Kier alpha value is 0.340. The molecule has 0 aromatic heterocycles. The zero-order chi connectivity index (χ0) is 10.4. The molecule has 0 aromatic carbocycles. The minimum absolute atomic E-state index is 0. The maximum absolute atomic E-state index is 7.76. The van der Waals surface area contributed by atoms with Gasteiger partial charge in [-0.15, -0.1) is 37.2 Å². The molecule has 1 N–H and O–H groups in total. The van der Waals surface area contributed by atoms with Crippen molar-refractivity contribution in [3.05, 3.63) is 36.4 Å². The monoisotopic (exact) mass is 266 g/mol. The van der Waals surface area contributed by atoms with Crippen LogP contribution in [0, 0.1) is 0 Å². The minimum atomic E-state index is 0. The Balaban J connectivity index is -0.0000000450. The lowest BCUT2D eigenvalue weighted by Crippen LogP contribution is -1.62. The van der Waals surface area contributed by atoms with Crippen molar-refractivity contribution in [1.29, 1.82) is 0 Å². The van der Waals surface area contributed by atoms with Gasteiger partial charge in [0, 0.05) is 5.88 Å². The van der Waals surface area contributed by atoms with E-state index in [4.69, 9.17) is 39.9 Å². The van der Waals surface area contributed by atoms with Crippen LogP contribution in [-0.4, -0.2) is 17.6 Å². The van der Waals surface area contributed by atoms with Crippen LogP contribution >= 0.6 is 47.2 Å². The number of hydrogen-bond acceptors (Lipinski definition) is 1. The fourth-order valence-electron chi connectivity index (χ4n) is 0. The molecule has 0 saturated heterocycles. The Morgan fingerprint density at radius 2 is 1.38 bits per heavy atom. The molecular weight excluding hydrogens is 254 g/mol. The van der Waals surface area contributed by atoms with Gasteiger partial charge in [0.1, 0.15) is 0 Å². The summed E-state index contributed by atoms with van der Waals surface area (Å²) in [7, 11) is 0. The van der Waals surface area contributed by atoms with Gasteiger partial charge in [0.2, 0.25) is 0 Å². The number of halogens is 4. The summed E-state index contributed by atoms with van der Waals surface area (Å²) in [4.78, 5) is 0. The lowest BCUT2D eigenvalue weighted by Gasteiger charge is -1.60. The lowest BCUT2D eigenvalue weighted by molar-refractivity contribution is 0.343. The van der Waals surface area contributed by atoms with Crippen LogP contribution in [0.15, 0.2) is 36.4 Å². The van der Waals surface area contributed by atoms with E-state index >= 15 is 0 Å². The van der Waals surface area contributed by atoms with Gasteiger partial charge in [0.15, 0.2) is 0 Å². The van der Waals surface area contributed by atoms with E-state index in [9.17, 15) is 0 Å². The van der Waals surface area contributed by atoms with E-state index in [2.05, 4.69) is 19.7 Å². The molecule has 0 aliphatic rings. The van der Waals surface area contributed by atoms with Crippen molar-refractivity contribution in [1.82, 2.24) is 0 Å². The molecule has 0 heterocycles. The van der Waals surface area contributed by atoms with E-state index in [0.29, 0.717) is 5.88 Å². The predicted molar refractivity (Wildman–Crippen MR) is 66.3 cm³/mol. The maximum Gasteiger partial charge on any atom is 0.0992 e. The van der Waals surface area contributed by atoms with Crippen LogP contribution in [-0.2, 0) is 0 Å². The summed E-state index contributed by atoms with van der Waals surface area (Å²) in [5, 5.41) is 7.76. The third kappa shape index (κ3) is 241. The first-order valence-electron chi connectivity index (χ1n) is 2.95. The highest BCUT2D eigenvalue weighted by Crippen LogP contribution is 1.98. The first kappa shape index (κ1) is 23.3. The third-order valence-electron chi connectivity index (χ3n) is 0.238. The van der Waals surface area contributed by atoms with Gasteiger partial charge < -0.3 is 5.11 Å². The molecule has 0 radical (unpaired) electrons. The first-order valence-corrected chi connectivity index (χ1v) is 4.24. The molecule has 0 fully saturated rings. The summed E-state index contributed by atoms with van der Waals surface area (Å²) >= 11 is 14.8. The van der Waals surface area contributed by atoms with Gasteiger partial charge in [-0.05, 0) is 0 Å². The molecule has 0 rings (SSSR count). The van der Waals surface area contributed by atoms with Crippen LogP contribution in [0.5, 0.6) is 0 Å². The van der Waals surface area contributed by atoms with Crippen molar-refractivity contribution < 1.29 is 5.11 Å². The molecule has 0 aromatic rings. The highest BCUT2D eigenvalue weighted by Gasteiger charge is 1.60. The SMILES string of the molecule is C=C(Cl)Cl.C=CCCl.C=CCO.Cl. The molecule has 0 aliphatic heterocycles. The third-order valence-corrected chi connectivity index (χ3v) is 0.456.